The van der Waals surface area contributed by atoms with Gasteiger partial charge in [-0.05, 0) is 11.6 Å². The average molecular weight is 164 g/mol. The molecule has 12 heavy (non-hydrogen) atoms. The van der Waals surface area contributed by atoms with Gasteiger partial charge in [0.15, 0.2) is 0 Å². The lowest BCUT2D eigenvalue weighted by atomic mass is 10.3. The number of aromatic amines is 1. The molecule has 0 amide bonds. The molecule has 1 saturated heterocycles. The molecular formula is C9H14N3. The molecule has 0 aliphatic carbocycles. The summed E-state index contributed by atoms with van der Waals surface area (Å²) in [4.78, 5) is 5.51. The Balaban J connectivity index is 1.86. The topological polar surface area (TPSA) is 33.1 Å². The van der Waals surface area contributed by atoms with Crippen molar-refractivity contribution in [3.8, 4) is 0 Å². The predicted molar refractivity (Wildman–Crippen MR) is 47.9 cm³/mol. The number of rotatable bonds is 2. The summed E-state index contributed by atoms with van der Waals surface area (Å²) in [6.45, 7) is 5.31. The van der Waals surface area contributed by atoms with E-state index >= 15 is 0 Å². The molecule has 0 unspecified atom stereocenters. The molecule has 1 aliphatic heterocycles. The lowest BCUT2D eigenvalue weighted by Gasteiger charge is -2.25. The Hall–Kier alpha value is -0.800. The van der Waals surface area contributed by atoms with Crippen molar-refractivity contribution in [1.82, 2.24) is 15.2 Å². The number of nitrogens with one attached hydrogen (secondary N) is 1. The second kappa shape index (κ2) is 3.74. The van der Waals surface area contributed by atoms with E-state index in [0.717, 1.165) is 32.7 Å². The maximum Gasteiger partial charge on any atom is 0.0261 e. The van der Waals surface area contributed by atoms with E-state index in [1.165, 1.54) is 5.56 Å². The zero-order valence-electron chi connectivity index (χ0n) is 7.16. The number of nitrogens with zero attached hydrogens (tertiary/aromatic N) is 2. The number of H-pyrrole nitrogens is 1. The monoisotopic (exact) mass is 164 g/mol. The Bertz CT molecular complexity index is 212. The molecule has 0 bridgehead atoms. The third kappa shape index (κ3) is 1.87. The highest BCUT2D eigenvalue weighted by Gasteiger charge is 2.09. The van der Waals surface area contributed by atoms with Crippen molar-refractivity contribution in [1.29, 1.82) is 0 Å². The van der Waals surface area contributed by atoms with Crippen LogP contribution in [0, 0.1) is 0 Å². The Morgan fingerprint density at radius 3 is 2.92 bits per heavy atom. The first-order valence-corrected chi connectivity index (χ1v) is 4.42. The van der Waals surface area contributed by atoms with E-state index in [1.54, 1.807) is 0 Å². The third-order valence-electron chi connectivity index (χ3n) is 2.22. The molecular weight excluding hydrogens is 150 g/mol. The summed E-state index contributed by atoms with van der Waals surface area (Å²) in [5.41, 5.74) is 1.37. The first-order valence-electron chi connectivity index (χ1n) is 4.42. The molecule has 1 aromatic heterocycles. The average Bonchev–Trinajstić information content (AvgIpc) is 2.59. The number of piperazine rings is 1. The van der Waals surface area contributed by atoms with Crippen molar-refractivity contribution >= 4 is 0 Å². The fraction of sp³-hybridized carbons (Fsp3) is 0.556. The highest BCUT2D eigenvalue weighted by atomic mass is 15.2. The normalized spacial score (nSPS) is 19.7. The van der Waals surface area contributed by atoms with Crippen LogP contribution in [0.1, 0.15) is 5.56 Å². The van der Waals surface area contributed by atoms with Crippen molar-refractivity contribution < 1.29 is 0 Å². The fourth-order valence-electron chi connectivity index (χ4n) is 1.52. The molecule has 3 heteroatoms. The zero-order chi connectivity index (χ0) is 8.23. The first kappa shape index (κ1) is 7.83. The van der Waals surface area contributed by atoms with Crippen molar-refractivity contribution in [3.05, 3.63) is 24.0 Å². The van der Waals surface area contributed by atoms with Crippen molar-refractivity contribution in [2.24, 2.45) is 0 Å². The maximum absolute atomic E-state index is 4.31. The van der Waals surface area contributed by atoms with Gasteiger partial charge in [0.25, 0.3) is 0 Å². The van der Waals surface area contributed by atoms with E-state index in [0.29, 0.717) is 0 Å². The molecule has 1 N–H and O–H groups in total. The van der Waals surface area contributed by atoms with Gasteiger partial charge in [-0.3, -0.25) is 4.90 Å². The van der Waals surface area contributed by atoms with Crippen LogP contribution >= 0.6 is 0 Å². The lowest BCUT2D eigenvalue weighted by Crippen LogP contribution is -2.39. The van der Waals surface area contributed by atoms with Crippen LogP contribution in [0.4, 0.5) is 0 Å². The SMILES string of the molecule is c1cc(CN2CC[N]CC2)c[nH]1. The summed E-state index contributed by atoms with van der Waals surface area (Å²) in [6.07, 6.45) is 4.04. The summed E-state index contributed by atoms with van der Waals surface area (Å²) >= 11 is 0. The fourth-order valence-corrected chi connectivity index (χ4v) is 1.52. The largest absolute Gasteiger partial charge is 0.367 e. The second-order valence-corrected chi connectivity index (χ2v) is 3.17. The second-order valence-electron chi connectivity index (χ2n) is 3.17. The minimum atomic E-state index is 1.00. The maximum atomic E-state index is 4.31. The summed E-state index contributed by atoms with van der Waals surface area (Å²) in [5.74, 6) is 0. The van der Waals surface area contributed by atoms with Gasteiger partial charge >= 0.3 is 0 Å². The van der Waals surface area contributed by atoms with E-state index in [1.807, 2.05) is 6.20 Å². The van der Waals surface area contributed by atoms with Crippen LogP contribution < -0.4 is 5.32 Å². The minimum absolute atomic E-state index is 1.00. The smallest absolute Gasteiger partial charge is 0.0261 e. The van der Waals surface area contributed by atoms with Crippen molar-refractivity contribution in [3.63, 3.8) is 0 Å². The summed E-state index contributed by atoms with van der Waals surface area (Å²) in [7, 11) is 0. The first-order chi connectivity index (χ1) is 5.95. The third-order valence-corrected chi connectivity index (χ3v) is 2.22. The molecule has 2 heterocycles. The standard InChI is InChI=1S/C9H14N3/c1-2-11-7-9(1)8-12-5-3-10-4-6-12/h1-2,7,11H,3-6,8H2. The molecule has 1 fully saturated rings. The van der Waals surface area contributed by atoms with Crippen LogP contribution in [0.5, 0.6) is 0 Å². The van der Waals surface area contributed by atoms with Crippen LogP contribution in [0.3, 0.4) is 0 Å². The number of hydrogen-bond acceptors (Lipinski definition) is 1. The van der Waals surface area contributed by atoms with E-state index < -0.39 is 0 Å². The summed E-state index contributed by atoms with van der Waals surface area (Å²) in [5, 5.41) is 4.31. The molecule has 0 saturated carbocycles. The van der Waals surface area contributed by atoms with Gasteiger partial charge < -0.3 is 4.98 Å². The molecule has 65 valence electrons. The highest BCUT2D eigenvalue weighted by Crippen LogP contribution is 2.03. The Kier molecular flexibility index (Phi) is 2.44. The van der Waals surface area contributed by atoms with Gasteiger partial charge in [0, 0.05) is 45.1 Å². The van der Waals surface area contributed by atoms with E-state index in [9.17, 15) is 0 Å². The minimum Gasteiger partial charge on any atom is -0.367 e. The summed E-state index contributed by atoms with van der Waals surface area (Å²) < 4.78 is 0. The van der Waals surface area contributed by atoms with Gasteiger partial charge in [0.05, 0.1) is 0 Å². The molecule has 1 aromatic rings. The molecule has 0 spiro atoms. The quantitative estimate of drug-likeness (QED) is 0.675. The van der Waals surface area contributed by atoms with Crippen molar-refractivity contribution in [2.75, 3.05) is 26.2 Å². The van der Waals surface area contributed by atoms with Gasteiger partial charge in [-0.25, -0.2) is 5.32 Å². The van der Waals surface area contributed by atoms with Gasteiger partial charge in [0.1, 0.15) is 0 Å². The van der Waals surface area contributed by atoms with Crippen LogP contribution in [0.2, 0.25) is 0 Å². The molecule has 1 radical (unpaired) electrons. The van der Waals surface area contributed by atoms with Crippen LogP contribution in [0.15, 0.2) is 18.5 Å². The van der Waals surface area contributed by atoms with Gasteiger partial charge in [-0.2, -0.15) is 0 Å². The molecule has 2 rings (SSSR count). The van der Waals surface area contributed by atoms with Crippen LogP contribution in [-0.4, -0.2) is 36.1 Å². The van der Waals surface area contributed by atoms with Gasteiger partial charge in [-0.15, -0.1) is 0 Å². The zero-order valence-corrected chi connectivity index (χ0v) is 7.16. The Labute approximate surface area is 72.8 Å². The number of aromatic nitrogens is 1. The van der Waals surface area contributed by atoms with E-state index in [-0.39, 0.29) is 0 Å². The predicted octanol–water partition coefficient (Wildman–Crippen LogP) is 0.435. The van der Waals surface area contributed by atoms with Crippen LogP contribution in [0.25, 0.3) is 0 Å². The molecule has 3 nitrogen and oxygen atoms in total. The number of hydrogen-bond donors (Lipinski definition) is 1. The lowest BCUT2D eigenvalue weighted by molar-refractivity contribution is 0.231. The van der Waals surface area contributed by atoms with Gasteiger partial charge in [0.2, 0.25) is 0 Å². The summed E-state index contributed by atoms with van der Waals surface area (Å²) in [6, 6.07) is 2.13. The Morgan fingerprint density at radius 1 is 1.42 bits per heavy atom. The van der Waals surface area contributed by atoms with E-state index in [2.05, 4.69) is 27.5 Å². The van der Waals surface area contributed by atoms with Crippen molar-refractivity contribution in [2.45, 2.75) is 6.54 Å². The highest BCUT2D eigenvalue weighted by molar-refractivity contribution is 5.07. The molecule has 0 atom stereocenters. The van der Waals surface area contributed by atoms with E-state index in [4.69, 9.17) is 0 Å². The molecule has 1 aliphatic rings. The van der Waals surface area contributed by atoms with Gasteiger partial charge in [-0.1, -0.05) is 0 Å². The van der Waals surface area contributed by atoms with Crippen LogP contribution in [-0.2, 0) is 6.54 Å². The molecule has 0 aromatic carbocycles. The Morgan fingerprint density at radius 2 is 2.25 bits per heavy atom.